The molecule has 1 saturated heterocycles. The highest BCUT2D eigenvalue weighted by atomic mass is 16.4. The van der Waals surface area contributed by atoms with Gasteiger partial charge >= 0.3 is 12.0 Å². The smallest absolute Gasteiger partial charge is 0.335 e. The molecule has 21 heavy (non-hydrogen) atoms. The summed E-state index contributed by atoms with van der Waals surface area (Å²) < 4.78 is 0. The van der Waals surface area contributed by atoms with Crippen LogP contribution in [0.4, 0.5) is 10.5 Å². The third-order valence-corrected chi connectivity index (χ3v) is 3.40. The lowest BCUT2D eigenvalue weighted by Crippen LogP contribution is -2.49. The molecule has 2 rings (SSSR count). The molecule has 1 fully saturated rings. The second-order valence-corrected chi connectivity index (χ2v) is 6.08. The summed E-state index contributed by atoms with van der Waals surface area (Å²) in [5.41, 5.74) is 1.19. The highest BCUT2D eigenvalue weighted by Gasteiger charge is 2.26. The first-order chi connectivity index (χ1) is 9.68. The first kappa shape index (κ1) is 15.0. The number of aromatic carboxylic acids is 1. The molecule has 1 aromatic rings. The van der Waals surface area contributed by atoms with Crippen molar-refractivity contribution in [2.45, 2.75) is 32.6 Å². The van der Waals surface area contributed by atoms with Crippen molar-refractivity contribution in [3.05, 3.63) is 29.3 Å². The minimum absolute atomic E-state index is 0.127. The number of carboxylic acids is 1. The van der Waals surface area contributed by atoms with Crippen molar-refractivity contribution in [3.63, 3.8) is 0 Å². The lowest BCUT2D eigenvalue weighted by molar-refractivity contribution is -0.120. The number of urea groups is 1. The summed E-state index contributed by atoms with van der Waals surface area (Å²) in [7, 11) is 0. The van der Waals surface area contributed by atoms with Gasteiger partial charge in [0.15, 0.2) is 0 Å². The fraction of sp³-hybridized carbons (Fsp3) is 0.400. The molecular weight excluding hydrogens is 272 g/mol. The molecule has 1 aliphatic rings. The van der Waals surface area contributed by atoms with Crippen molar-refractivity contribution >= 4 is 23.6 Å². The quantitative estimate of drug-likeness (QED) is 0.873. The van der Waals surface area contributed by atoms with Crippen molar-refractivity contribution < 1.29 is 19.5 Å². The number of hydrogen-bond acceptors (Lipinski definition) is 3. The molecule has 0 unspecified atom stereocenters. The molecule has 0 aromatic heterocycles. The number of hydrogen-bond donors (Lipinski definition) is 2. The Morgan fingerprint density at radius 3 is 2.43 bits per heavy atom. The van der Waals surface area contributed by atoms with E-state index in [1.54, 1.807) is 12.1 Å². The maximum atomic E-state index is 11.9. The van der Waals surface area contributed by atoms with Gasteiger partial charge in [0.05, 0.1) is 5.56 Å². The molecule has 1 heterocycles. The third-order valence-electron chi connectivity index (χ3n) is 3.40. The molecule has 0 radical (unpaired) electrons. The molecule has 0 saturated carbocycles. The van der Waals surface area contributed by atoms with Crippen LogP contribution < -0.4 is 10.2 Å². The molecular formula is C15H18N2O4. The van der Waals surface area contributed by atoms with Crippen LogP contribution in [0.5, 0.6) is 0 Å². The van der Waals surface area contributed by atoms with Gasteiger partial charge in [-0.3, -0.25) is 15.0 Å². The number of amides is 3. The number of anilines is 1. The second-order valence-electron chi connectivity index (χ2n) is 6.08. The van der Waals surface area contributed by atoms with Crippen LogP contribution in [0.2, 0.25) is 0 Å². The molecule has 0 aliphatic carbocycles. The fourth-order valence-electron chi connectivity index (χ4n) is 2.13. The van der Waals surface area contributed by atoms with E-state index < -0.39 is 12.0 Å². The molecule has 3 amide bonds. The van der Waals surface area contributed by atoms with Gasteiger partial charge in [0.2, 0.25) is 5.91 Å². The number of carbonyl (C=O) groups excluding carboxylic acids is 2. The third kappa shape index (κ3) is 3.21. The molecule has 0 spiro atoms. The van der Waals surface area contributed by atoms with Crippen molar-refractivity contribution in [2.24, 2.45) is 0 Å². The molecule has 112 valence electrons. The summed E-state index contributed by atoms with van der Waals surface area (Å²) in [5, 5.41) is 11.5. The molecule has 0 atom stereocenters. The summed E-state index contributed by atoms with van der Waals surface area (Å²) >= 11 is 0. The number of carbonyl (C=O) groups is 3. The summed E-state index contributed by atoms with van der Waals surface area (Å²) in [5.74, 6) is -1.36. The van der Waals surface area contributed by atoms with Crippen LogP contribution in [0.1, 0.15) is 43.1 Å². The normalized spacial score (nSPS) is 15.9. The number of benzene rings is 1. The molecule has 0 bridgehead atoms. The Labute approximate surface area is 122 Å². The van der Waals surface area contributed by atoms with Gasteiger partial charge in [-0.1, -0.05) is 20.8 Å². The minimum atomic E-state index is -1.05. The maximum absolute atomic E-state index is 11.9. The zero-order valence-electron chi connectivity index (χ0n) is 12.3. The Morgan fingerprint density at radius 1 is 1.24 bits per heavy atom. The van der Waals surface area contributed by atoms with E-state index in [0.29, 0.717) is 5.69 Å². The number of imide groups is 1. The average Bonchev–Trinajstić information content (AvgIpc) is 2.37. The van der Waals surface area contributed by atoms with Crippen LogP contribution in [-0.4, -0.2) is 29.6 Å². The van der Waals surface area contributed by atoms with Gasteiger partial charge < -0.3 is 5.11 Å². The van der Waals surface area contributed by atoms with Crippen LogP contribution in [0.25, 0.3) is 0 Å². The highest BCUT2D eigenvalue weighted by Crippen LogP contribution is 2.29. The van der Waals surface area contributed by atoms with E-state index in [2.05, 4.69) is 5.32 Å². The number of nitrogens with one attached hydrogen (secondary N) is 1. The standard InChI is InChI=1S/C15H18N2O4/c1-15(2,3)10-6-9(13(19)20)7-11(8-10)17-5-4-12(18)16-14(17)21/h6-8H,4-5H2,1-3H3,(H,19,20)(H,16,18,21). The summed E-state index contributed by atoms with van der Waals surface area (Å²) in [4.78, 5) is 35.8. The lowest BCUT2D eigenvalue weighted by atomic mass is 9.85. The van der Waals surface area contributed by atoms with Crippen LogP contribution >= 0.6 is 0 Å². The van der Waals surface area contributed by atoms with Crippen molar-refractivity contribution in [2.75, 3.05) is 11.4 Å². The van der Waals surface area contributed by atoms with E-state index in [0.717, 1.165) is 5.56 Å². The Hall–Kier alpha value is -2.37. The monoisotopic (exact) mass is 290 g/mol. The van der Waals surface area contributed by atoms with Crippen LogP contribution in [-0.2, 0) is 10.2 Å². The fourth-order valence-corrected chi connectivity index (χ4v) is 2.13. The van der Waals surface area contributed by atoms with Gasteiger partial charge in [-0.2, -0.15) is 0 Å². The maximum Gasteiger partial charge on any atom is 0.335 e. The van der Waals surface area contributed by atoms with Crippen molar-refractivity contribution in [1.82, 2.24) is 5.32 Å². The van der Waals surface area contributed by atoms with Crippen LogP contribution in [0.15, 0.2) is 18.2 Å². The van der Waals surface area contributed by atoms with E-state index in [1.807, 2.05) is 20.8 Å². The van der Waals surface area contributed by atoms with Crippen LogP contribution in [0, 0.1) is 0 Å². The average molecular weight is 290 g/mol. The van der Waals surface area contributed by atoms with Gasteiger partial charge in [0.25, 0.3) is 0 Å². The number of rotatable bonds is 2. The molecule has 6 nitrogen and oxygen atoms in total. The predicted molar refractivity (Wildman–Crippen MR) is 77.6 cm³/mol. The first-order valence-electron chi connectivity index (χ1n) is 6.69. The Bertz CT molecular complexity index is 617. The van der Waals surface area contributed by atoms with E-state index in [9.17, 15) is 19.5 Å². The van der Waals surface area contributed by atoms with Gasteiger partial charge in [-0.05, 0) is 29.2 Å². The second kappa shape index (κ2) is 5.20. The van der Waals surface area contributed by atoms with E-state index in [4.69, 9.17) is 0 Å². The largest absolute Gasteiger partial charge is 0.478 e. The predicted octanol–water partition coefficient (Wildman–Crippen LogP) is 2.13. The van der Waals surface area contributed by atoms with E-state index in [1.165, 1.54) is 11.0 Å². The minimum Gasteiger partial charge on any atom is -0.478 e. The van der Waals surface area contributed by atoms with E-state index in [-0.39, 0.29) is 29.9 Å². The zero-order valence-corrected chi connectivity index (χ0v) is 12.3. The summed E-state index contributed by atoms with van der Waals surface area (Å²) in [6.07, 6.45) is 0.202. The SMILES string of the molecule is CC(C)(C)c1cc(C(=O)O)cc(N2CCC(=O)NC2=O)c1. The van der Waals surface area contributed by atoms with Gasteiger partial charge in [0.1, 0.15) is 0 Å². The van der Waals surface area contributed by atoms with E-state index >= 15 is 0 Å². The summed E-state index contributed by atoms with van der Waals surface area (Å²) in [6, 6.07) is 4.33. The summed E-state index contributed by atoms with van der Waals surface area (Å²) in [6.45, 7) is 6.16. The highest BCUT2D eigenvalue weighted by molar-refractivity contribution is 6.06. The topological polar surface area (TPSA) is 86.7 Å². The molecule has 2 N–H and O–H groups in total. The Balaban J connectivity index is 2.48. The molecule has 1 aliphatic heterocycles. The van der Waals surface area contributed by atoms with Crippen LogP contribution in [0.3, 0.4) is 0 Å². The number of carboxylic acid groups (broad SMARTS) is 1. The lowest BCUT2D eigenvalue weighted by Gasteiger charge is -2.29. The Morgan fingerprint density at radius 2 is 1.90 bits per heavy atom. The van der Waals surface area contributed by atoms with Gasteiger partial charge in [-0.15, -0.1) is 0 Å². The molecule has 6 heteroatoms. The molecule has 1 aromatic carbocycles. The van der Waals surface area contributed by atoms with Crippen molar-refractivity contribution in [3.8, 4) is 0 Å². The number of nitrogens with zero attached hydrogens (tertiary/aromatic N) is 1. The Kier molecular flexibility index (Phi) is 3.72. The zero-order chi connectivity index (χ0) is 15.8. The van der Waals surface area contributed by atoms with Crippen molar-refractivity contribution in [1.29, 1.82) is 0 Å². The van der Waals surface area contributed by atoms with Gasteiger partial charge in [0, 0.05) is 18.7 Å². The first-order valence-corrected chi connectivity index (χ1v) is 6.69. The van der Waals surface area contributed by atoms with Gasteiger partial charge in [-0.25, -0.2) is 9.59 Å².